The molecule has 0 aliphatic carbocycles. The number of hydrogen-bond acceptors (Lipinski definition) is 3. The van der Waals surface area contributed by atoms with Gasteiger partial charge in [-0.15, -0.1) is 0 Å². The molecule has 0 aromatic heterocycles. The first-order valence-electron chi connectivity index (χ1n) is 8.32. The van der Waals surface area contributed by atoms with Crippen molar-refractivity contribution in [2.75, 3.05) is 20.8 Å². The van der Waals surface area contributed by atoms with Gasteiger partial charge in [-0.2, -0.15) is 0 Å². The molecule has 0 radical (unpaired) electrons. The highest BCUT2D eigenvalue weighted by Gasteiger charge is 2.06. The predicted molar refractivity (Wildman–Crippen MR) is 99.4 cm³/mol. The standard InChI is InChI=1S/C20H26N2O3/c1-14-5-7-17(15(2)11-14)13-22-20(23)21-10-9-16-6-8-18(24-3)19(12-16)25-4/h5-8,11-12H,9-10,13H2,1-4H3,(H2,21,22,23). The van der Waals surface area contributed by atoms with Crippen LogP contribution in [-0.4, -0.2) is 26.8 Å². The Labute approximate surface area is 149 Å². The summed E-state index contributed by atoms with van der Waals surface area (Å²) in [4.78, 5) is 11.9. The lowest BCUT2D eigenvalue weighted by atomic mass is 10.1. The summed E-state index contributed by atoms with van der Waals surface area (Å²) in [6, 6.07) is 11.8. The topological polar surface area (TPSA) is 59.6 Å². The van der Waals surface area contributed by atoms with Gasteiger partial charge in [0.25, 0.3) is 0 Å². The number of methoxy groups -OCH3 is 2. The Bertz CT molecular complexity index is 729. The monoisotopic (exact) mass is 342 g/mol. The van der Waals surface area contributed by atoms with E-state index in [1.165, 1.54) is 11.1 Å². The number of benzene rings is 2. The highest BCUT2D eigenvalue weighted by atomic mass is 16.5. The second kappa shape index (κ2) is 8.97. The van der Waals surface area contributed by atoms with Crippen molar-refractivity contribution in [1.82, 2.24) is 10.6 Å². The van der Waals surface area contributed by atoms with E-state index >= 15 is 0 Å². The van der Waals surface area contributed by atoms with Gasteiger partial charge in [0.1, 0.15) is 0 Å². The van der Waals surface area contributed by atoms with E-state index in [-0.39, 0.29) is 6.03 Å². The van der Waals surface area contributed by atoms with Crippen LogP contribution in [0.4, 0.5) is 4.79 Å². The molecular weight excluding hydrogens is 316 g/mol. The van der Waals surface area contributed by atoms with E-state index in [0.717, 1.165) is 17.5 Å². The summed E-state index contributed by atoms with van der Waals surface area (Å²) in [5.74, 6) is 1.39. The van der Waals surface area contributed by atoms with E-state index in [9.17, 15) is 4.79 Å². The predicted octanol–water partition coefficient (Wildman–Crippen LogP) is 3.36. The summed E-state index contributed by atoms with van der Waals surface area (Å²) in [6.07, 6.45) is 0.720. The number of carbonyl (C=O) groups is 1. The average molecular weight is 342 g/mol. The number of urea groups is 1. The van der Waals surface area contributed by atoms with Crippen molar-refractivity contribution in [1.29, 1.82) is 0 Å². The molecule has 0 bridgehead atoms. The van der Waals surface area contributed by atoms with Crippen LogP contribution in [0, 0.1) is 13.8 Å². The third-order valence-electron chi connectivity index (χ3n) is 4.08. The number of ether oxygens (including phenoxy) is 2. The summed E-state index contributed by atoms with van der Waals surface area (Å²) in [6.45, 7) is 5.19. The van der Waals surface area contributed by atoms with E-state index in [0.29, 0.717) is 24.6 Å². The van der Waals surface area contributed by atoms with Crippen LogP contribution in [0.1, 0.15) is 22.3 Å². The molecule has 0 fully saturated rings. The van der Waals surface area contributed by atoms with Crippen LogP contribution in [0.25, 0.3) is 0 Å². The molecule has 2 aromatic carbocycles. The minimum Gasteiger partial charge on any atom is -0.493 e. The normalized spacial score (nSPS) is 10.2. The summed E-state index contributed by atoms with van der Waals surface area (Å²) in [5.41, 5.74) is 4.61. The Kier molecular flexibility index (Phi) is 6.69. The molecular formula is C20H26N2O3. The van der Waals surface area contributed by atoms with Gasteiger partial charge in [0, 0.05) is 13.1 Å². The van der Waals surface area contributed by atoms with Crippen molar-refractivity contribution in [2.45, 2.75) is 26.8 Å². The molecule has 0 aliphatic rings. The van der Waals surface area contributed by atoms with Gasteiger partial charge >= 0.3 is 6.03 Å². The Balaban J connectivity index is 1.78. The minimum absolute atomic E-state index is 0.166. The second-order valence-corrected chi connectivity index (χ2v) is 5.98. The van der Waals surface area contributed by atoms with Gasteiger partial charge in [-0.25, -0.2) is 4.79 Å². The molecule has 25 heavy (non-hydrogen) atoms. The van der Waals surface area contributed by atoms with Crippen LogP contribution in [0.3, 0.4) is 0 Å². The van der Waals surface area contributed by atoms with Crippen LogP contribution >= 0.6 is 0 Å². The molecule has 5 nitrogen and oxygen atoms in total. The first-order chi connectivity index (χ1) is 12.0. The zero-order chi connectivity index (χ0) is 18.2. The van der Waals surface area contributed by atoms with E-state index in [4.69, 9.17) is 9.47 Å². The Hall–Kier alpha value is -2.69. The van der Waals surface area contributed by atoms with E-state index in [1.54, 1.807) is 14.2 Å². The zero-order valence-corrected chi connectivity index (χ0v) is 15.3. The van der Waals surface area contributed by atoms with Crippen LogP contribution in [-0.2, 0) is 13.0 Å². The van der Waals surface area contributed by atoms with Crippen molar-refractivity contribution >= 4 is 6.03 Å². The van der Waals surface area contributed by atoms with Crippen molar-refractivity contribution in [3.8, 4) is 11.5 Å². The SMILES string of the molecule is COc1ccc(CCNC(=O)NCc2ccc(C)cc2C)cc1OC. The van der Waals surface area contributed by atoms with Gasteiger partial charge in [0.2, 0.25) is 0 Å². The van der Waals surface area contributed by atoms with Gasteiger partial charge in [0.05, 0.1) is 14.2 Å². The number of hydrogen-bond donors (Lipinski definition) is 2. The molecule has 0 aliphatic heterocycles. The first kappa shape index (κ1) is 18.6. The third kappa shape index (κ3) is 5.41. The molecule has 0 saturated carbocycles. The minimum atomic E-state index is -0.166. The Morgan fingerprint density at radius 2 is 1.72 bits per heavy atom. The maximum Gasteiger partial charge on any atom is 0.315 e. The molecule has 0 atom stereocenters. The largest absolute Gasteiger partial charge is 0.493 e. The molecule has 2 aromatic rings. The molecule has 134 valence electrons. The lowest BCUT2D eigenvalue weighted by Gasteiger charge is -2.11. The number of aryl methyl sites for hydroxylation is 2. The van der Waals surface area contributed by atoms with Crippen LogP contribution in [0.15, 0.2) is 36.4 Å². The number of carbonyl (C=O) groups excluding carboxylic acids is 1. The first-order valence-corrected chi connectivity index (χ1v) is 8.32. The van der Waals surface area contributed by atoms with Gasteiger partial charge < -0.3 is 20.1 Å². The van der Waals surface area contributed by atoms with Gasteiger partial charge in [-0.3, -0.25) is 0 Å². The molecule has 0 spiro atoms. The van der Waals surface area contributed by atoms with Crippen LogP contribution in [0.2, 0.25) is 0 Å². The van der Waals surface area contributed by atoms with Crippen molar-refractivity contribution < 1.29 is 14.3 Å². The van der Waals surface area contributed by atoms with Gasteiger partial charge in [-0.1, -0.05) is 29.8 Å². The summed E-state index contributed by atoms with van der Waals surface area (Å²) < 4.78 is 10.5. The van der Waals surface area contributed by atoms with Crippen molar-refractivity contribution in [3.63, 3.8) is 0 Å². The van der Waals surface area contributed by atoms with E-state index in [2.05, 4.69) is 42.7 Å². The third-order valence-corrected chi connectivity index (χ3v) is 4.08. The van der Waals surface area contributed by atoms with E-state index in [1.807, 2.05) is 18.2 Å². The average Bonchev–Trinajstić information content (AvgIpc) is 2.60. The number of rotatable bonds is 7. The molecule has 2 N–H and O–H groups in total. The van der Waals surface area contributed by atoms with Gasteiger partial charge in [-0.05, 0) is 49.1 Å². The second-order valence-electron chi connectivity index (χ2n) is 5.98. The maximum atomic E-state index is 11.9. The fourth-order valence-electron chi connectivity index (χ4n) is 2.64. The molecule has 0 heterocycles. The quantitative estimate of drug-likeness (QED) is 0.811. The number of amides is 2. The molecule has 0 unspecified atom stereocenters. The van der Waals surface area contributed by atoms with Crippen molar-refractivity contribution in [3.05, 3.63) is 58.7 Å². The summed E-state index contributed by atoms with van der Waals surface area (Å²) >= 11 is 0. The van der Waals surface area contributed by atoms with E-state index < -0.39 is 0 Å². The zero-order valence-electron chi connectivity index (χ0n) is 15.3. The van der Waals surface area contributed by atoms with Crippen LogP contribution in [0.5, 0.6) is 11.5 Å². The molecule has 5 heteroatoms. The summed E-state index contributed by atoms with van der Waals surface area (Å²) in [7, 11) is 3.22. The molecule has 0 saturated heterocycles. The van der Waals surface area contributed by atoms with Crippen molar-refractivity contribution in [2.24, 2.45) is 0 Å². The molecule has 2 amide bonds. The Morgan fingerprint density at radius 3 is 2.40 bits per heavy atom. The van der Waals surface area contributed by atoms with Gasteiger partial charge in [0.15, 0.2) is 11.5 Å². The maximum absolute atomic E-state index is 11.9. The Morgan fingerprint density at radius 1 is 0.960 bits per heavy atom. The summed E-state index contributed by atoms with van der Waals surface area (Å²) in [5, 5.41) is 5.77. The lowest BCUT2D eigenvalue weighted by Crippen LogP contribution is -2.36. The smallest absolute Gasteiger partial charge is 0.315 e. The lowest BCUT2D eigenvalue weighted by molar-refractivity contribution is 0.240. The highest BCUT2D eigenvalue weighted by Crippen LogP contribution is 2.27. The number of nitrogens with one attached hydrogen (secondary N) is 2. The van der Waals surface area contributed by atoms with Crippen LogP contribution < -0.4 is 20.1 Å². The highest BCUT2D eigenvalue weighted by molar-refractivity contribution is 5.73. The fourth-order valence-corrected chi connectivity index (χ4v) is 2.64. The fraction of sp³-hybridized carbons (Fsp3) is 0.350. The molecule has 2 rings (SSSR count).